The molecule has 2 aromatic carbocycles. The summed E-state index contributed by atoms with van der Waals surface area (Å²) in [5.41, 5.74) is 2.21. The molecule has 1 N–H and O–H groups in total. The van der Waals surface area contributed by atoms with Crippen LogP contribution in [0.4, 0.5) is 5.69 Å². The molecule has 0 heterocycles. The van der Waals surface area contributed by atoms with Crippen molar-refractivity contribution in [3.8, 4) is 11.8 Å². The summed E-state index contributed by atoms with van der Waals surface area (Å²) in [6.45, 7) is 0.804. The van der Waals surface area contributed by atoms with Crippen LogP contribution in [0.1, 0.15) is 5.56 Å². The van der Waals surface area contributed by atoms with Crippen molar-refractivity contribution in [2.75, 3.05) is 11.9 Å². The topological polar surface area (TPSA) is 45.0 Å². The standard InChI is InChI=1S/C15H13IN2O/c16-13-4-6-14(7-5-13)18-11-12-2-1-3-15(10-12)19-9-8-17/h1-7,10,18H,9,11H2. The minimum atomic E-state index is 0.0774. The summed E-state index contributed by atoms with van der Waals surface area (Å²) < 4.78 is 6.49. The molecule has 0 fully saturated rings. The molecule has 2 aromatic rings. The third-order valence-corrected chi connectivity index (χ3v) is 3.26. The lowest BCUT2D eigenvalue weighted by Gasteiger charge is -2.08. The summed E-state index contributed by atoms with van der Waals surface area (Å²) in [7, 11) is 0. The fourth-order valence-electron chi connectivity index (χ4n) is 1.63. The summed E-state index contributed by atoms with van der Waals surface area (Å²) in [4.78, 5) is 0. The molecule has 0 atom stereocenters. The first-order chi connectivity index (χ1) is 9.28. The number of halogens is 1. The number of ether oxygens (including phenoxy) is 1. The Labute approximate surface area is 126 Å². The van der Waals surface area contributed by atoms with Gasteiger partial charge in [-0.2, -0.15) is 5.26 Å². The molecule has 3 nitrogen and oxygen atoms in total. The molecule has 4 heteroatoms. The van der Waals surface area contributed by atoms with Crippen molar-refractivity contribution in [1.29, 1.82) is 5.26 Å². The van der Waals surface area contributed by atoms with E-state index >= 15 is 0 Å². The fourth-order valence-corrected chi connectivity index (χ4v) is 1.99. The lowest BCUT2D eigenvalue weighted by atomic mass is 10.2. The first-order valence-corrected chi connectivity index (χ1v) is 6.94. The van der Waals surface area contributed by atoms with Crippen molar-refractivity contribution in [1.82, 2.24) is 0 Å². The minimum Gasteiger partial charge on any atom is -0.479 e. The van der Waals surface area contributed by atoms with E-state index in [0.717, 1.165) is 23.5 Å². The highest BCUT2D eigenvalue weighted by atomic mass is 127. The minimum absolute atomic E-state index is 0.0774. The van der Waals surface area contributed by atoms with Crippen molar-refractivity contribution in [3.05, 3.63) is 57.7 Å². The van der Waals surface area contributed by atoms with Gasteiger partial charge in [-0.1, -0.05) is 12.1 Å². The van der Waals surface area contributed by atoms with Crippen LogP contribution in [-0.2, 0) is 6.54 Å². The monoisotopic (exact) mass is 364 g/mol. The molecule has 0 saturated heterocycles. The van der Waals surface area contributed by atoms with Crippen molar-refractivity contribution in [3.63, 3.8) is 0 Å². The Morgan fingerprint density at radius 1 is 1.16 bits per heavy atom. The number of hydrogen-bond acceptors (Lipinski definition) is 3. The number of nitrogens with one attached hydrogen (secondary N) is 1. The lowest BCUT2D eigenvalue weighted by Crippen LogP contribution is -2.00. The second kappa shape index (κ2) is 7.00. The molecule has 0 saturated carbocycles. The first kappa shape index (κ1) is 13.7. The van der Waals surface area contributed by atoms with E-state index in [1.807, 2.05) is 30.3 Å². The van der Waals surface area contributed by atoms with Gasteiger partial charge in [0, 0.05) is 15.8 Å². The smallest absolute Gasteiger partial charge is 0.174 e. The van der Waals surface area contributed by atoms with Gasteiger partial charge >= 0.3 is 0 Å². The number of nitrogens with zero attached hydrogens (tertiary/aromatic N) is 1. The van der Waals surface area contributed by atoms with Crippen LogP contribution in [0.15, 0.2) is 48.5 Å². The predicted octanol–water partition coefficient (Wildman–Crippen LogP) is 3.81. The van der Waals surface area contributed by atoms with E-state index in [1.54, 1.807) is 0 Å². The van der Waals surface area contributed by atoms with Gasteiger partial charge in [-0.3, -0.25) is 0 Å². The number of benzene rings is 2. The Kier molecular flexibility index (Phi) is 5.04. The van der Waals surface area contributed by atoms with Gasteiger partial charge in [0.1, 0.15) is 11.8 Å². The van der Waals surface area contributed by atoms with Crippen LogP contribution in [0.5, 0.6) is 5.75 Å². The van der Waals surface area contributed by atoms with Crippen LogP contribution in [0.3, 0.4) is 0 Å². The van der Waals surface area contributed by atoms with E-state index in [9.17, 15) is 0 Å². The van der Waals surface area contributed by atoms with E-state index in [-0.39, 0.29) is 6.61 Å². The van der Waals surface area contributed by atoms with E-state index < -0.39 is 0 Å². The summed E-state index contributed by atoms with van der Waals surface area (Å²) in [5, 5.41) is 11.8. The molecule has 0 spiro atoms. The molecule has 0 aliphatic carbocycles. The second-order valence-corrected chi connectivity index (χ2v) is 5.20. The summed E-state index contributed by atoms with van der Waals surface area (Å²) >= 11 is 2.28. The second-order valence-electron chi connectivity index (χ2n) is 3.95. The largest absolute Gasteiger partial charge is 0.479 e. The normalized spacial score (nSPS) is 9.68. The Hall–Kier alpha value is -1.74. The van der Waals surface area contributed by atoms with Gasteiger partial charge < -0.3 is 10.1 Å². The van der Waals surface area contributed by atoms with Crippen LogP contribution in [-0.4, -0.2) is 6.61 Å². The van der Waals surface area contributed by atoms with Crippen molar-refractivity contribution < 1.29 is 4.74 Å². The van der Waals surface area contributed by atoms with Gasteiger partial charge in [0.2, 0.25) is 0 Å². The van der Waals surface area contributed by atoms with Gasteiger partial charge in [0.25, 0.3) is 0 Å². The Morgan fingerprint density at radius 2 is 1.95 bits per heavy atom. The quantitative estimate of drug-likeness (QED) is 0.821. The van der Waals surface area contributed by atoms with Crippen LogP contribution in [0.25, 0.3) is 0 Å². The lowest BCUT2D eigenvalue weighted by molar-refractivity contribution is 0.368. The fraction of sp³-hybridized carbons (Fsp3) is 0.133. The number of nitriles is 1. The van der Waals surface area contributed by atoms with E-state index in [1.165, 1.54) is 3.57 Å². The van der Waals surface area contributed by atoms with Gasteiger partial charge in [0.05, 0.1) is 0 Å². The zero-order chi connectivity index (χ0) is 13.5. The number of rotatable bonds is 5. The summed E-state index contributed by atoms with van der Waals surface area (Å²) in [6.07, 6.45) is 0. The molecule has 96 valence electrons. The van der Waals surface area contributed by atoms with E-state index in [0.29, 0.717) is 0 Å². The van der Waals surface area contributed by atoms with Gasteiger partial charge in [-0.15, -0.1) is 0 Å². The molecule has 0 bridgehead atoms. The number of hydrogen-bond donors (Lipinski definition) is 1. The molecular formula is C15H13IN2O. The van der Waals surface area contributed by atoms with Gasteiger partial charge in [0.15, 0.2) is 6.61 Å². The SMILES string of the molecule is N#CCOc1cccc(CNc2ccc(I)cc2)c1. The molecule has 0 unspecified atom stereocenters. The molecule has 0 aliphatic rings. The molecule has 0 amide bonds. The maximum atomic E-state index is 8.48. The molecule has 0 aliphatic heterocycles. The predicted molar refractivity (Wildman–Crippen MR) is 84.0 cm³/mol. The maximum absolute atomic E-state index is 8.48. The number of anilines is 1. The molecule has 0 aromatic heterocycles. The van der Waals surface area contributed by atoms with Gasteiger partial charge in [-0.25, -0.2) is 0 Å². The third-order valence-electron chi connectivity index (χ3n) is 2.54. The Bertz CT molecular complexity index is 575. The van der Waals surface area contributed by atoms with Crippen LogP contribution in [0, 0.1) is 14.9 Å². The van der Waals surface area contributed by atoms with Gasteiger partial charge in [-0.05, 0) is 64.6 Å². The van der Waals surface area contributed by atoms with Crippen molar-refractivity contribution >= 4 is 28.3 Å². The molecular weight excluding hydrogens is 351 g/mol. The zero-order valence-corrected chi connectivity index (χ0v) is 12.4. The average molecular weight is 364 g/mol. The summed E-state index contributed by atoms with van der Waals surface area (Å²) in [6, 6.07) is 17.9. The van der Waals surface area contributed by atoms with Crippen molar-refractivity contribution in [2.24, 2.45) is 0 Å². The molecule has 0 radical (unpaired) electrons. The van der Waals surface area contributed by atoms with Crippen molar-refractivity contribution in [2.45, 2.75) is 6.54 Å². The van der Waals surface area contributed by atoms with E-state index in [4.69, 9.17) is 10.00 Å². The average Bonchev–Trinajstić information content (AvgIpc) is 2.45. The van der Waals surface area contributed by atoms with Crippen LogP contribution >= 0.6 is 22.6 Å². The Morgan fingerprint density at radius 3 is 2.68 bits per heavy atom. The first-order valence-electron chi connectivity index (χ1n) is 5.86. The van der Waals surface area contributed by atoms with Crippen LogP contribution in [0.2, 0.25) is 0 Å². The zero-order valence-electron chi connectivity index (χ0n) is 10.3. The molecule has 2 rings (SSSR count). The molecule has 19 heavy (non-hydrogen) atoms. The maximum Gasteiger partial charge on any atom is 0.174 e. The highest BCUT2D eigenvalue weighted by Crippen LogP contribution is 2.16. The highest BCUT2D eigenvalue weighted by molar-refractivity contribution is 14.1. The van der Waals surface area contributed by atoms with E-state index in [2.05, 4.69) is 52.2 Å². The highest BCUT2D eigenvalue weighted by Gasteiger charge is 1.98. The van der Waals surface area contributed by atoms with Crippen LogP contribution < -0.4 is 10.1 Å². The summed E-state index contributed by atoms with van der Waals surface area (Å²) in [5.74, 6) is 0.725. The third kappa shape index (κ3) is 4.45. The Balaban J connectivity index is 1.95.